The van der Waals surface area contributed by atoms with Gasteiger partial charge in [0, 0.05) is 24.3 Å². The highest BCUT2D eigenvalue weighted by molar-refractivity contribution is 5.96. The number of nitrogens with zero attached hydrogens (tertiary/aromatic N) is 1. The number of benzene rings is 1. The van der Waals surface area contributed by atoms with E-state index in [0.29, 0.717) is 17.7 Å². The molecule has 128 valence electrons. The molecule has 0 spiro atoms. The van der Waals surface area contributed by atoms with Crippen molar-refractivity contribution in [1.29, 1.82) is 0 Å². The highest BCUT2D eigenvalue weighted by Gasteiger charge is 2.35. The Morgan fingerprint density at radius 3 is 2.62 bits per heavy atom. The summed E-state index contributed by atoms with van der Waals surface area (Å²) in [5.74, 6) is -1.59. The molecule has 1 aliphatic heterocycles. The van der Waals surface area contributed by atoms with Gasteiger partial charge in [-0.15, -0.1) is 0 Å². The van der Waals surface area contributed by atoms with Crippen LogP contribution in [0.2, 0.25) is 0 Å². The van der Waals surface area contributed by atoms with Gasteiger partial charge >= 0.3 is 5.97 Å². The fourth-order valence-electron chi connectivity index (χ4n) is 3.25. The van der Waals surface area contributed by atoms with E-state index >= 15 is 0 Å². The highest BCUT2D eigenvalue weighted by atomic mass is 19.1. The molecule has 1 aromatic heterocycles. The zero-order valence-corrected chi connectivity index (χ0v) is 14.0. The SMILES string of the molecule is CCc1cc(F)c(-c2n[nH]c(C)c2C(=O)O)c(C2(C)NCCN2)c1. The van der Waals surface area contributed by atoms with Crippen LogP contribution in [0.3, 0.4) is 0 Å². The van der Waals surface area contributed by atoms with E-state index in [1.54, 1.807) is 6.92 Å². The number of hydrogen-bond acceptors (Lipinski definition) is 4. The van der Waals surface area contributed by atoms with Gasteiger partial charge in [0.1, 0.15) is 17.1 Å². The van der Waals surface area contributed by atoms with Gasteiger partial charge in [0.05, 0.1) is 5.66 Å². The second kappa shape index (κ2) is 5.99. The summed E-state index contributed by atoms with van der Waals surface area (Å²) in [6.07, 6.45) is 0.686. The lowest BCUT2D eigenvalue weighted by atomic mass is 9.90. The predicted molar refractivity (Wildman–Crippen MR) is 88.4 cm³/mol. The van der Waals surface area contributed by atoms with Crippen LogP contribution in [-0.4, -0.2) is 34.4 Å². The van der Waals surface area contributed by atoms with Crippen LogP contribution in [-0.2, 0) is 12.1 Å². The molecule has 0 aliphatic carbocycles. The molecule has 1 fully saturated rings. The molecule has 4 N–H and O–H groups in total. The molecule has 0 amide bonds. The van der Waals surface area contributed by atoms with Crippen LogP contribution in [0.15, 0.2) is 12.1 Å². The zero-order chi connectivity index (χ0) is 17.5. The average molecular weight is 332 g/mol. The Bertz CT molecular complexity index is 794. The standard InChI is InChI=1S/C17H21FN4O2/c1-4-10-7-11(17(3)19-5-6-20-17)14(12(18)8-10)15-13(16(23)24)9(2)21-22-15/h7-8,19-20H,4-6H2,1-3H3,(H,21,22)(H,23,24). The molecule has 1 aromatic carbocycles. The second-order valence-corrected chi connectivity index (χ2v) is 6.21. The topological polar surface area (TPSA) is 90.0 Å². The second-order valence-electron chi connectivity index (χ2n) is 6.21. The van der Waals surface area contributed by atoms with Crippen molar-refractivity contribution in [2.75, 3.05) is 13.1 Å². The molecule has 3 rings (SSSR count). The van der Waals surface area contributed by atoms with Gasteiger partial charge in [-0.25, -0.2) is 9.18 Å². The predicted octanol–water partition coefficient (Wildman–Crippen LogP) is 2.15. The Kier molecular flexibility index (Phi) is 4.15. The van der Waals surface area contributed by atoms with E-state index in [9.17, 15) is 14.3 Å². The van der Waals surface area contributed by atoms with Gasteiger partial charge in [-0.3, -0.25) is 15.7 Å². The van der Waals surface area contributed by atoms with Crippen molar-refractivity contribution >= 4 is 5.97 Å². The van der Waals surface area contributed by atoms with Crippen LogP contribution in [0, 0.1) is 12.7 Å². The Morgan fingerprint density at radius 2 is 2.04 bits per heavy atom. The summed E-state index contributed by atoms with van der Waals surface area (Å²) in [4.78, 5) is 11.6. The maximum absolute atomic E-state index is 15.0. The van der Waals surface area contributed by atoms with E-state index in [1.165, 1.54) is 6.07 Å². The number of H-pyrrole nitrogens is 1. The van der Waals surface area contributed by atoms with E-state index in [4.69, 9.17) is 0 Å². The molecule has 2 heterocycles. The number of aromatic nitrogens is 2. The first-order valence-corrected chi connectivity index (χ1v) is 7.99. The number of rotatable bonds is 4. The van der Waals surface area contributed by atoms with Crippen LogP contribution >= 0.6 is 0 Å². The van der Waals surface area contributed by atoms with Gasteiger partial charge in [-0.05, 0) is 37.5 Å². The summed E-state index contributed by atoms with van der Waals surface area (Å²) >= 11 is 0. The molecule has 6 nitrogen and oxygen atoms in total. The maximum Gasteiger partial charge on any atom is 0.339 e. The van der Waals surface area contributed by atoms with Gasteiger partial charge in [0.25, 0.3) is 0 Å². The van der Waals surface area contributed by atoms with E-state index in [0.717, 1.165) is 18.7 Å². The van der Waals surface area contributed by atoms with Gasteiger partial charge in [0.15, 0.2) is 0 Å². The highest BCUT2D eigenvalue weighted by Crippen LogP contribution is 2.36. The Labute approximate surface area is 139 Å². The van der Waals surface area contributed by atoms with Crippen molar-refractivity contribution in [3.05, 3.63) is 40.3 Å². The number of halogens is 1. The first kappa shape index (κ1) is 16.6. The number of carbonyl (C=O) groups is 1. The molecule has 0 saturated carbocycles. The third-order valence-corrected chi connectivity index (χ3v) is 4.58. The van der Waals surface area contributed by atoms with E-state index in [-0.39, 0.29) is 16.8 Å². The van der Waals surface area contributed by atoms with Crippen molar-refractivity contribution in [3.8, 4) is 11.3 Å². The number of carboxylic acids is 1. The molecule has 0 atom stereocenters. The Hall–Kier alpha value is -2.25. The van der Waals surface area contributed by atoms with Crippen LogP contribution in [0.4, 0.5) is 4.39 Å². The van der Waals surface area contributed by atoms with Crippen molar-refractivity contribution in [2.24, 2.45) is 0 Å². The minimum atomic E-state index is -1.13. The minimum absolute atomic E-state index is 0.000922. The van der Waals surface area contributed by atoms with Gasteiger partial charge in [0.2, 0.25) is 0 Å². The van der Waals surface area contributed by atoms with Crippen LogP contribution in [0.1, 0.15) is 41.0 Å². The summed E-state index contributed by atoms with van der Waals surface area (Å²) in [6.45, 7) is 7.00. The molecular weight excluding hydrogens is 311 g/mol. The van der Waals surface area contributed by atoms with Crippen LogP contribution < -0.4 is 10.6 Å². The number of aryl methyl sites for hydroxylation is 2. The third kappa shape index (κ3) is 2.59. The normalized spacial score (nSPS) is 16.5. The molecule has 0 radical (unpaired) electrons. The fraction of sp³-hybridized carbons (Fsp3) is 0.412. The van der Waals surface area contributed by atoms with Crippen molar-refractivity contribution < 1.29 is 14.3 Å². The Morgan fingerprint density at radius 1 is 1.38 bits per heavy atom. The van der Waals surface area contributed by atoms with Gasteiger partial charge < -0.3 is 5.11 Å². The van der Waals surface area contributed by atoms with Gasteiger partial charge in [-0.2, -0.15) is 5.10 Å². The lowest BCUT2D eigenvalue weighted by Crippen LogP contribution is -2.43. The molecule has 0 bridgehead atoms. The molecule has 2 aromatic rings. The van der Waals surface area contributed by atoms with E-state index < -0.39 is 17.4 Å². The first-order chi connectivity index (χ1) is 11.4. The fourth-order valence-corrected chi connectivity index (χ4v) is 3.25. The largest absolute Gasteiger partial charge is 0.478 e. The summed E-state index contributed by atoms with van der Waals surface area (Å²) in [6, 6.07) is 3.37. The summed E-state index contributed by atoms with van der Waals surface area (Å²) < 4.78 is 15.0. The molecule has 24 heavy (non-hydrogen) atoms. The van der Waals surface area contributed by atoms with Gasteiger partial charge in [-0.1, -0.05) is 13.0 Å². The molecule has 1 saturated heterocycles. The summed E-state index contributed by atoms with van der Waals surface area (Å²) in [5.41, 5.74) is 1.65. The van der Waals surface area contributed by atoms with Crippen LogP contribution in [0.25, 0.3) is 11.3 Å². The zero-order valence-electron chi connectivity index (χ0n) is 14.0. The smallest absolute Gasteiger partial charge is 0.339 e. The molecular formula is C17H21FN4O2. The van der Waals surface area contributed by atoms with Crippen molar-refractivity contribution in [1.82, 2.24) is 20.8 Å². The van der Waals surface area contributed by atoms with Crippen molar-refractivity contribution in [2.45, 2.75) is 32.9 Å². The lowest BCUT2D eigenvalue weighted by Gasteiger charge is -2.28. The first-order valence-electron chi connectivity index (χ1n) is 7.99. The maximum atomic E-state index is 15.0. The average Bonchev–Trinajstić information content (AvgIpc) is 3.13. The molecule has 1 aliphatic rings. The lowest BCUT2D eigenvalue weighted by molar-refractivity contribution is 0.0697. The van der Waals surface area contributed by atoms with Crippen molar-refractivity contribution in [3.63, 3.8) is 0 Å². The van der Waals surface area contributed by atoms with Crippen LogP contribution in [0.5, 0.6) is 0 Å². The number of aromatic amines is 1. The number of hydrogen-bond donors (Lipinski definition) is 4. The Balaban J connectivity index is 2.30. The number of carboxylic acid groups (broad SMARTS) is 1. The number of nitrogens with one attached hydrogen (secondary N) is 3. The summed E-state index contributed by atoms with van der Waals surface area (Å²) in [7, 11) is 0. The van der Waals surface area contributed by atoms with E-state index in [2.05, 4.69) is 20.8 Å². The number of aromatic carboxylic acids is 1. The molecule has 7 heteroatoms. The molecule has 0 unspecified atom stereocenters. The van der Waals surface area contributed by atoms with E-state index in [1.807, 2.05) is 19.9 Å². The third-order valence-electron chi connectivity index (χ3n) is 4.58. The summed E-state index contributed by atoms with van der Waals surface area (Å²) in [5, 5.41) is 22.9. The quantitative estimate of drug-likeness (QED) is 0.689. The minimum Gasteiger partial charge on any atom is -0.478 e. The monoisotopic (exact) mass is 332 g/mol.